The predicted octanol–water partition coefficient (Wildman–Crippen LogP) is 1.77. The Labute approximate surface area is 121 Å². The largest absolute Gasteiger partial charge is 0.494 e. The summed E-state index contributed by atoms with van der Waals surface area (Å²) in [4.78, 5) is 14.0. The molecule has 0 aliphatic carbocycles. The molecule has 1 saturated heterocycles. The molecule has 0 saturated carbocycles. The van der Waals surface area contributed by atoms with Crippen LogP contribution in [0.1, 0.15) is 13.3 Å². The van der Waals surface area contributed by atoms with Gasteiger partial charge < -0.3 is 15.0 Å². The number of rotatable bonds is 7. The minimum absolute atomic E-state index is 0.122. The van der Waals surface area contributed by atoms with Crippen molar-refractivity contribution in [2.24, 2.45) is 11.8 Å². The van der Waals surface area contributed by atoms with E-state index < -0.39 is 0 Å². The molecule has 1 N–H and O–H groups in total. The van der Waals surface area contributed by atoms with Gasteiger partial charge in [0.25, 0.3) is 0 Å². The smallest absolute Gasteiger partial charge is 0.225 e. The summed E-state index contributed by atoms with van der Waals surface area (Å²) in [5.74, 6) is 1.76. The van der Waals surface area contributed by atoms with Gasteiger partial charge in [0, 0.05) is 19.5 Å². The van der Waals surface area contributed by atoms with Crippen LogP contribution in [-0.4, -0.2) is 44.1 Å². The number of carbonyl (C=O) groups is 1. The summed E-state index contributed by atoms with van der Waals surface area (Å²) in [6.07, 6.45) is 0.854. The number of amides is 1. The molecule has 2 rings (SSSR count). The van der Waals surface area contributed by atoms with E-state index in [4.69, 9.17) is 4.74 Å². The number of nitrogens with one attached hydrogen (secondary N) is 1. The van der Waals surface area contributed by atoms with Crippen LogP contribution < -0.4 is 10.1 Å². The minimum atomic E-state index is 0.122. The first-order valence-corrected chi connectivity index (χ1v) is 7.32. The van der Waals surface area contributed by atoms with E-state index in [2.05, 4.69) is 5.32 Å². The molecular formula is C16H24N2O2. The third-order valence-corrected chi connectivity index (χ3v) is 3.94. The first-order chi connectivity index (χ1) is 9.68. The van der Waals surface area contributed by atoms with Gasteiger partial charge in [-0.05, 0) is 37.6 Å². The minimum Gasteiger partial charge on any atom is -0.494 e. The second kappa shape index (κ2) is 7.29. The van der Waals surface area contributed by atoms with E-state index >= 15 is 0 Å². The summed E-state index contributed by atoms with van der Waals surface area (Å²) in [5, 5.41) is 3.22. The molecule has 1 heterocycles. The standard InChI is InChI=1S/C16H24N2O2/c1-13(14-11-17-12-14)16(19)18(2)9-6-10-20-15-7-4-3-5-8-15/h3-5,7-8,13-14,17H,6,9-12H2,1-2H3. The fourth-order valence-corrected chi connectivity index (χ4v) is 2.33. The zero-order chi connectivity index (χ0) is 14.4. The number of benzene rings is 1. The number of nitrogens with zero attached hydrogens (tertiary/aromatic N) is 1. The number of ether oxygens (including phenoxy) is 1. The Hall–Kier alpha value is -1.55. The van der Waals surface area contributed by atoms with E-state index in [0.29, 0.717) is 12.5 Å². The summed E-state index contributed by atoms with van der Waals surface area (Å²) in [6, 6.07) is 9.77. The molecule has 0 aromatic heterocycles. The molecule has 0 spiro atoms. The quantitative estimate of drug-likeness (QED) is 0.772. The van der Waals surface area contributed by atoms with E-state index in [0.717, 1.165) is 31.8 Å². The number of carbonyl (C=O) groups excluding carboxylic acids is 1. The Morgan fingerprint density at radius 2 is 2.10 bits per heavy atom. The molecule has 1 amide bonds. The average molecular weight is 276 g/mol. The zero-order valence-electron chi connectivity index (χ0n) is 12.3. The van der Waals surface area contributed by atoms with Crippen molar-refractivity contribution in [2.45, 2.75) is 13.3 Å². The molecule has 1 unspecified atom stereocenters. The predicted molar refractivity (Wildman–Crippen MR) is 79.7 cm³/mol. The van der Waals surface area contributed by atoms with Crippen molar-refractivity contribution >= 4 is 5.91 Å². The SMILES string of the molecule is CC(C(=O)N(C)CCCOc1ccccc1)C1CNC1. The Balaban J connectivity index is 1.64. The second-order valence-electron chi connectivity index (χ2n) is 5.48. The summed E-state index contributed by atoms with van der Waals surface area (Å²) < 4.78 is 5.63. The molecule has 4 heteroatoms. The van der Waals surface area contributed by atoms with Crippen molar-refractivity contribution in [1.82, 2.24) is 10.2 Å². The Kier molecular flexibility index (Phi) is 5.41. The molecule has 110 valence electrons. The summed E-state index contributed by atoms with van der Waals surface area (Å²) in [7, 11) is 1.88. The molecule has 1 fully saturated rings. The van der Waals surface area contributed by atoms with Gasteiger partial charge in [-0.1, -0.05) is 25.1 Å². The molecular weight excluding hydrogens is 252 g/mol. The van der Waals surface area contributed by atoms with Crippen molar-refractivity contribution < 1.29 is 9.53 Å². The molecule has 0 radical (unpaired) electrons. The maximum atomic E-state index is 12.2. The van der Waals surface area contributed by atoms with Gasteiger partial charge in [0.15, 0.2) is 0 Å². The van der Waals surface area contributed by atoms with Crippen LogP contribution in [0.3, 0.4) is 0 Å². The van der Waals surface area contributed by atoms with Gasteiger partial charge in [-0.3, -0.25) is 4.79 Å². The van der Waals surface area contributed by atoms with E-state index in [9.17, 15) is 4.79 Å². The van der Waals surface area contributed by atoms with Gasteiger partial charge >= 0.3 is 0 Å². The lowest BCUT2D eigenvalue weighted by molar-refractivity contribution is -0.136. The lowest BCUT2D eigenvalue weighted by atomic mass is 9.88. The Bertz CT molecular complexity index is 418. The average Bonchev–Trinajstić information content (AvgIpc) is 2.41. The first kappa shape index (κ1) is 14.9. The maximum absolute atomic E-state index is 12.2. The first-order valence-electron chi connectivity index (χ1n) is 7.32. The van der Waals surface area contributed by atoms with Crippen LogP contribution in [0.5, 0.6) is 5.75 Å². The van der Waals surface area contributed by atoms with Crippen molar-refractivity contribution in [3.8, 4) is 5.75 Å². The summed E-state index contributed by atoms with van der Waals surface area (Å²) in [6.45, 7) is 5.36. The summed E-state index contributed by atoms with van der Waals surface area (Å²) in [5.41, 5.74) is 0. The van der Waals surface area contributed by atoms with Crippen molar-refractivity contribution in [2.75, 3.05) is 33.3 Å². The van der Waals surface area contributed by atoms with Gasteiger partial charge in [-0.15, -0.1) is 0 Å². The van der Waals surface area contributed by atoms with Gasteiger partial charge in [0.1, 0.15) is 5.75 Å². The molecule has 1 aliphatic heterocycles. The van der Waals surface area contributed by atoms with E-state index in [1.54, 1.807) is 0 Å². The molecule has 0 bridgehead atoms. The van der Waals surface area contributed by atoms with Crippen LogP contribution in [0.15, 0.2) is 30.3 Å². The fraction of sp³-hybridized carbons (Fsp3) is 0.562. The molecule has 1 aromatic carbocycles. The van der Waals surface area contributed by atoms with Gasteiger partial charge in [-0.2, -0.15) is 0 Å². The molecule has 1 atom stereocenters. The third kappa shape index (κ3) is 3.97. The van der Waals surface area contributed by atoms with Gasteiger partial charge in [0.2, 0.25) is 5.91 Å². The Morgan fingerprint density at radius 1 is 1.40 bits per heavy atom. The highest BCUT2D eigenvalue weighted by Crippen LogP contribution is 2.18. The highest BCUT2D eigenvalue weighted by atomic mass is 16.5. The van der Waals surface area contributed by atoms with Crippen LogP contribution in [0.4, 0.5) is 0 Å². The molecule has 1 aromatic rings. The van der Waals surface area contributed by atoms with Crippen LogP contribution in [0, 0.1) is 11.8 Å². The van der Waals surface area contributed by atoms with E-state index in [-0.39, 0.29) is 11.8 Å². The molecule has 1 aliphatic rings. The normalized spacial score (nSPS) is 16.3. The lowest BCUT2D eigenvalue weighted by Gasteiger charge is -2.34. The lowest BCUT2D eigenvalue weighted by Crippen LogP contribution is -2.50. The number of para-hydroxylation sites is 1. The number of hydrogen-bond donors (Lipinski definition) is 1. The van der Waals surface area contributed by atoms with Crippen molar-refractivity contribution in [3.63, 3.8) is 0 Å². The topological polar surface area (TPSA) is 41.6 Å². The Morgan fingerprint density at radius 3 is 2.70 bits per heavy atom. The van der Waals surface area contributed by atoms with Crippen molar-refractivity contribution in [1.29, 1.82) is 0 Å². The second-order valence-corrected chi connectivity index (χ2v) is 5.48. The van der Waals surface area contributed by atoms with E-state index in [1.807, 2.05) is 49.2 Å². The summed E-state index contributed by atoms with van der Waals surface area (Å²) >= 11 is 0. The molecule has 20 heavy (non-hydrogen) atoms. The van der Waals surface area contributed by atoms with Crippen LogP contribution in [0.2, 0.25) is 0 Å². The maximum Gasteiger partial charge on any atom is 0.225 e. The third-order valence-electron chi connectivity index (χ3n) is 3.94. The van der Waals surface area contributed by atoms with Gasteiger partial charge in [0.05, 0.1) is 6.61 Å². The molecule has 4 nitrogen and oxygen atoms in total. The van der Waals surface area contributed by atoms with E-state index in [1.165, 1.54) is 0 Å². The van der Waals surface area contributed by atoms with Crippen LogP contribution in [-0.2, 0) is 4.79 Å². The fourth-order valence-electron chi connectivity index (χ4n) is 2.33. The highest BCUT2D eigenvalue weighted by Gasteiger charge is 2.30. The van der Waals surface area contributed by atoms with Gasteiger partial charge in [-0.25, -0.2) is 0 Å². The zero-order valence-corrected chi connectivity index (χ0v) is 12.3. The van der Waals surface area contributed by atoms with Crippen LogP contribution >= 0.6 is 0 Å². The monoisotopic (exact) mass is 276 g/mol. The van der Waals surface area contributed by atoms with Crippen LogP contribution in [0.25, 0.3) is 0 Å². The van der Waals surface area contributed by atoms with Crippen molar-refractivity contribution in [3.05, 3.63) is 30.3 Å². The highest BCUT2D eigenvalue weighted by molar-refractivity contribution is 5.78. The number of hydrogen-bond acceptors (Lipinski definition) is 3.